The number of carbonyl (C=O) groups is 1. The van der Waals surface area contributed by atoms with E-state index in [2.05, 4.69) is 14.7 Å². The van der Waals surface area contributed by atoms with Crippen LogP contribution in [0.2, 0.25) is 0 Å². The highest BCUT2D eigenvalue weighted by Crippen LogP contribution is 2.38. The molecule has 0 atom stereocenters. The molecule has 4 aromatic rings. The summed E-state index contributed by atoms with van der Waals surface area (Å²) >= 11 is 1.47. The van der Waals surface area contributed by atoms with Crippen LogP contribution < -0.4 is 4.74 Å². The molecule has 0 fully saturated rings. The zero-order valence-corrected chi connectivity index (χ0v) is 15.7. The molecule has 0 amide bonds. The van der Waals surface area contributed by atoms with Crippen LogP contribution in [0.15, 0.2) is 60.2 Å². The standard InChI is InChI=1S/C21H15FN2O3S/c1-26-18(25)10-13-2-8-16(9-3-13)27-20-19-17(11-28-21(19)24-12-23-20)14-4-6-15(22)7-5-14/h2-9,11-12H,10H2,1H3. The van der Waals surface area contributed by atoms with Crippen molar-refractivity contribution in [2.45, 2.75) is 6.42 Å². The van der Waals surface area contributed by atoms with Crippen molar-refractivity contribution in [1.29, 1.82) is 0 Å². The molecular weight excluding hydrogens is 379 g/mol. The minimum Gasteiger partial charge on any atom is -0.469 e. The van der Waals surface area contributed by atoms with Gasteiger partial charge in [0.05, 0.1) is 18.9 Å². The van der Waals surface area contributed by atoms with Gasteiger partial charge in [-0.25, -0.2) is 14.4 Å². The number of thiophene rings is 1. The van der Waals surface area contributed by atoms with E-state index in [0.29, 0.717) is 11.6 Å². The lowest BCUT2D eigenvalue weighted by molar-refractivity contribution is -0.139. The molecule has 0 aliphatic carbocycles. The maximum Gasteiger partial charge on any atom is 0.309 e. The SMILES string of the molecule is COC(=O)Cc1ccc(Oc2ncnc3scc(-c4ccc(F)cc4)c23)cc1. The van der Waals surface area contributed by atoms with Crippen molar-refractivity contribution in [3.8, 4) is 22.8 Å². The predicted molar refractivity (Wildman–Crippen MR) is 105 cm³/mol. The lowest BCUT2D eigenvalue weighted by atomic mass is 10.1. The predicted octanol–water partition coefficient (Wildman–Crippen LogP) is 5.01. The van der Waals surface area contributed by atoms with Crippen LogP contribution in [-0.2, 0) is 16.0 Å². The summed E-state index contributed by atoms with van der Waals surface area (Å²) in [6.45, 7) is 0. The fourth-order valence-corrected chi connectivity index (χ4v) is 3.70. The summed E-state index contributed by atoms with van der Waals surface area (Å²) in [4.78, 5) is 20.8. The Kier molecular flexibility index (Phi) is 4.99. The number of rotatable bonds is 5. The van der Waals surface area contributed by atoms with E-state index in [1.807, 2.05) is 5.38 Å². The molecule has 0 N–H and O–H groups in total. The fourth-order valence-electron chi connectivity index (χ4n) is 2.79. The minimum atomic E-state index is -0.298. The summed E-state index contributed by atoms with van der Waals surface area (Å²) in [5, 5.41) is 2.73. The highest BCUT2D eigenvalue weighted by Gasteiger charge is 2.15. The first-order chi connectivity index (χ1) is 13.6. The number of halogens is 1. The third kappa shape index (κ3) is 3.70. The van der Waals surface area contributed by atoms with Crippen LogP contribution in [0, 0.1) is 5.82 Å². The molecule has 140 valence electrons. The van der Waals surface area contributed by atoms with Gasteiger partial charge in [-0.15, -0.1) is 11.3 Å². The zero-order valence-electron chi connectivity index (χ0n) is 14.9. The normalized spacial score (nSPS) is 10.8. The van der Waals surface area contributed by atoms with Gasteiger partial charge in [-0.05, 0) is 35.4 Å². The van der Waals surface area contributed by atoms with Crippen molar-refractivity contribution in [2.24, 2.45) is 0 Å². The van der Waals surface area contributed by atoms with E-state index in [1.165, 1.54) is 36.9 Å². The topological polar surface area (TPSA) is 61.3 Å². The van der Waals surface area contributed by atoms with Gasteiger partial charge in [-0.2, -0.15) is 0 Å². The van der Waals surface area contributed by atoms with Gasteiger partial charge in [0.15, 0.2) is 0 Å². The van der Waals surface area contributed by atoms with Crippen molar-refractivity contribution in [3.05, 3.63) is 71.6 Å². The van der Waals surface area contributed by atoms with Gasteiger partial charge in [0.25, 0.3) is 0 Å². The second-order valence-corrected chi connectivity index (χ2v) is 6.87. The van der Waals surface area contributed by atoms with Crippen molar-refractivity contribution in [3.63, 3.8) is 0 Å². The molecule has 2 heterocycles. The molecule has 0 saturated heterocycles. The molecule has 5 nitrogen and oxygen atoms in total. The van der Waals surface area contributed by atoms with Gasteiger partial charge in [0, 0.05) is 10.9 Å². The number of hydrogen-bond acceptors (Lipinski definition) is 6. The van der Waals surface area contributed by atoms with E-state index >= 15 is 0 Å². The Balaban J connectivity index is 1.66. The first kappa shape index (κ1) is 18.1. The molecule has 4 rings (SSSR count). The molecule has 0 spiro atoms. The number of aromatic nitrogens is 2. The number of nitrogens with zero attached hydrogens (tertiary/aromatic N) is 2. The second-order valence-electron chi connectivity index (χ2n) is 6.01. The van der Waals surface area contributed by atoms with E-state index in [-0.39, 0.29) is 18.2 Å². The Morgan fingerprint density at radius 3 is 2.54 bits per heavy atom. The molecule has 0 aliphatic rings. The van der Waals surface area contributed by atoms with Crippen LogP contribution in [0.25, 0.3) is 21.3 Å². The van der Waals surface area contributed by atoms with Gasteiger partial charge in [-0.3, -0.25) is 4.79 Å². The van der Waals surface area contributed by atoms with E-state index in [1.54, 1.807) is 36.4 Å². The number of methoxy groups -OCH3 is 1. The van der Waals surface area contributed by atoms with Gasteiger partial charge < -0.3 is 9.47 Å². The Hall–Kier alpha value is -3.32. The van der Waals surface area contributed by atoms with Gasteiger partial charge in [0.2, 0.25) is 5.88 Å². The van der Waals surface area contributed by atoms with Crippen LogP contribution in [0.1, 0.15) is 5.56 Å². The number of benzene rings is 2. The third-order valence-corrected chi connectivity index (χ3v) is 5.09. The first-order valence-corrected chi connectivity index (χ1v) is 9.34. The van der Waals surface area contributed by atoms with Crippen LogP contribution in [-0.4, -0.2) is 23.0 Å². The Bertz CT molecular complexity index is 1120. The summed E-state index contributed by atoms with van der Waals surface area (Å²) < 4.78 is 23.9. The van der Waals surface area contributed by atoms with Crippen LogP contribution in [0.5, 0.6) is 11.6 Å². The van der Waals surface area contributed by atoms with Crippen LogP contribution in [0.4, 0.5) is 4.39 Å². The van der Waals surface area contributed by atoms with E-state index in [0.717, 1.165) is 26.9 Å². The van der Waals surface area contributed by atoms with Gasteiger partial charge >= 0.3 is 5.97 Å². The zero-order chi connectivity index (χ0) is 19.5. The average molecular weight is 394 g/mol. The third-order valence-electron chi connectivity index (χ3n) is 4.20. The fraction of sp³-hybridized carbons (Fsp3) is 0.0952. The molecule has 2 aromatic carbocycles. The summed E-state index contributed by atoms with van der Waals surface area (Å²) in [5.74, 6) is 0.424. The summed E-state index contributed by atoms with van der Waals surface area (Å²) in [6, 6.07) is 13.4. The quantitative estimate of drug-likeness (QED) is 0.446. The lowest BCUT2D eigenvalue weighted by Crippen LogP contribution is -2.04. The van der Waals surface area contributed by atoms with Crippen LogP contribution >= 0.6 is 11.3 Å². The Morgan fingerprint density at radius 2 is 1.82 bits per heavy atom. The molecule has 0 saturated carbocycles. The molecule has 2 aromatic heterocycles. The van der Waals surface area contributed by atoms with Gasteiger partial charge in [-0.1, -0.05) is 24.3 Å². The number of carbonyl (C=O) groups excluding carboxylic acids is 1. The lowest BCUT2D eigenvalue weighted by Gasteiger charge is -2.08. The largest absolute Gasteiger partial charge is 0.469 e. The van der Waals surface area contributed by atoms with E-state index in [4.69, 9.17) is 4.74 Å². The first-order valence-electron chi connectivity index (χ1n) is 8.46. The number of fused-ring (bicyclic) bond motifs is 1. The van der Waals surface area contributed by atoms with Gasteiger partial charge in [0.1, 0.15) is 22.7 Å². The number of hydrogen-bond donors (Lipinski definition) is 0. The highest BCUT2D eigenvalue weighted by molar-refractivity contribution is 7.17. The minimum absolute atomic E-state index is 0.202. The van der Waals surface area contributed by atoms with Crippen molar-refractivity contribution >= 4 is 27.5 Å². The molecule has 0 unspecified atom stereocenters. The maximum absolute atomic E-state index is 13.3. The monoisotopic (exact) mass is 394 g/mol. The number of ether oxygens (including phenoxy) is 2. The summed E-state index contributed by atoms with van der Waals surface area (Å²) in [6.07, 6.45) is 1.65. The maximum atomic E-state index is 13.3. The van der Waals surface area contributed by atoms with E-state index < -0.39 is 0 Å². The van der Waals surface area contributed by atoms with Crippen molar-refractivity contribution < 1.29 is 18.7 Å². The smallest absolute Gasteiger partial charge is 0.309 e. The van der Waals surface area contributed by atoms with Crippen LogP contribution in [0.3, 0.4) is 0 Å². The Morgan fingerprint density at radius 1 is 1.07 bits per heavy atom. The number of esters is 1. The molecule has 7 heteroatoms. The second kappa shape index (κ2) is 7.74. The molecule has 0 bridgehead atoms. The molecule has 0 aliphatic heterocycles. The summed E-state index contributed by atoms with van der Waals surface area (Å²) in [5.41, 5.74) is 2.58. The van der Waals surface area contributed by atoms with Crippen molar-refractivity contribution in [1.82, 2.24) is 9.97 Å². The van der Waals surface area contributed by atoms with E-state index in [9.17, 15) is 9.18 Å². The molecular formula is C21H15FN2O3S. The molecule has 28 heavy (non-hydrogen) atoms. The molecule has 0 radical (unpaired) electrons. The Labute approximate surface area is 164 Å². The summed E-state index contributed by atoms with van der Waals surface area (Å²) in [7, 11) is 1.36. The average Bonchev–Trinajstić information content (AvgIpc) is 3.15. The highest BCUT2D eigenvalue weighted by atomic mass is 32.1. The van der Waals surface area contributed by atoms with Crippen molar-refractivity contribution in [2.75, 3.05) is 7.11 Å².